The van der Waals surface area contributed by atoms with E-state index < -0.39 is 27.9 Å². The quantitative estimate of drug-likeness (QED) is 0.265. The third-order valence-corrected chi connectivity index (χ3v) is 9.80. The minimum atomic E-state index is -1.43. The molecule has 214 valence electrons. The number of hydrogen-bond donors (Lipinski definition) is 0. The van der Waals surface area contributed by atoms with Gasteiger partial charge < -0.3 is 0 Å². The number of fused-ring (bicyclic) bond motifs is 1. The van der Waals surface area contributed by atoms with Crippen LogP contribution in [0.15, 0.2) is 67.3 Å². The maximum atomic E-state index is 13.5. The van der Waals surface area contributed by atoms with Crippen molar-refractivity contribution in [3.05, 3.63) is 89.6 Å². The molecule has 0 aliphatic carbocycles. The van der Waals surface area contributed by atoms with Crippen LogP contribution in [0.5, 0.6) is 0 Å². The Kier molecular flexibility index (Phi) is 9.02. The van der Waals surface area contributed by atoms with Gasteiger partial charge in [0.2, 0.25) is 0 Å². The molecule has 0 N–H and O–H groups in total. The summed E-state index contributed by atoms with van der Waals surface area (Å²) in [5, 5.41) is 4.53. The third kappa shape index (κ3) is 6.30. The van der Waals surface area contributed by atoms with Gasteiger partial charge in [0.1, 0.15) is 0 Å². The number of piperazine rings is 1. The van der Waals surface area contributed by atoms with Crippen molar-refractivity contribution >= 4 is 42.5 Å². The van der Waals surface area contributed by atoms with Crippen molar-refractivity contribution in [3.8, 4) is 0 Å². The molecule has 2 aliphatic heterocycles. The molecule has 1 amide bonds. The first-order chi connectivity index (χ1) is 19.9. The van der Waals surface area contributed by atoms with E-state index in [2.05, 4.69) is 28.5 Å². The van der Waals surface area contributed by atoms with Crippen molar-refractivity contribution in [1.82, 2.24) is 19.6 Å². The zero-order valence-corrected chi connectivity index (χ0v) is 25.4. The van der Waals surface area contributed by atoms with Crippen molar-refractivity contribution in [2.75, 3.05) is 51.8 Å². The molecule has 2 atom stereocenters. The molecule has 0 radical (unpaired) electrons. The number of aromatic nitrogens is 2. The molecule has 1 fully saturated rings. The number of carbonyl (C=O) groups is 3. The second kappa shape index (κ2) is 12.8. The summed E-state index contributed by atoms with van der Waals surface area (Å²) in [6.45, 7) is 7.94. The molecule has 3 heterocycles. The fourth-order valence-electron chi connectivity index (χ4n) is 5.08. The van der Waals surface area contributed by atoms with Crippen molar-refractivity contribution in [1.29, 1.82) is 0 Å². The predicted octanol–water partition coefficient (Wildman–Crippen LogP) is 1.94. The number of carbonyl (C=O) groups excluding carboxylic acids is 3. The van der Waals surface area contributed by atoms with Crippen molar-refractivity contribution in [2.45, 2.75) is 19.2 Å². The zero-order valence-electron chi connectivity index (χ0n) is 23.3. The summed E-state index contributed by atoms with van der Waals surface area (Å²) in [5.74, 6) is -0.224. The molecule has 0 spiro atoms. The Balaban J connectivity index is 1.35. The Bertz CT molecular complexity index is 1420. The van der Waals surface area contributed by atoms with Crippen molar-refractivity contribution in [2.24, 2.45) is 0 Å². The van der Waals surface area contributed by atoms with E-state index in [9.17, 15) is 14.4 Å². The van der Waals surface area contributed by atoms with Gasteiger partial charge in [-0.15, -0.1) is 0 Å². The van der Waals surface area contributed by atoms with Crippen LogP contribution in [-0.2, 0) is 27.4 Å². The first kappa shape index (κ1) is 28.8. The average molecular weight is 620 g/mol. The molecule has 0 bridgehead atoms. The van der Waals surface area contributed by atoms with Gasteiger partial charge in [-0.05, 0) is 0 Å². The van der Waals surface area contributed by atoms with Crippen LogP contribution in [-0.4, -0.2) is 98.8 Å². The summed E-state index contributed by atoms with van der Waals surface area (Å²) in [6, 6.07) is 17.0. The summed E-state index contributed by atoms with van der Waals surface area (Å²) in [7, 11) is 3.62. The van der Waals surface area contributed by atoms with Crippen LogP contribution < -0.4 is 9.38 Å². The van der Waals surface area contributed by atoms with Gasteiger partial charge in [-0.25, -0.2) is 0 Å². The molecule has 5 rings (SSSR count). The normalized spacial score (nSPS) is 16.1. The molecular formula is C30H34AsN5O5. The van der Waals surface area contributed by atoms with Gasteiger partial charge in [0.05, 0.1) is 0 Å². The van der Waals surface area contributed by atoms with Gasteiger partial charge in [0.25, 0.3) is 0 Å². The zero-order chi connectivity index (χ0) is 28.9. The van der Waals surface area contributed by atoms with Crippen LogP contribution in [0.4, 0.5) is 10.5 Å². The van der Waals surface area contributed by atoms with Crippen LogP contribution in [0.3, 0.4) is 0 Å². The standard InChI is InChI=1S/C30H34AsN5O5/c1-4-18-41-30(39)36-25-20-35(29(38)26(40-3)21-8-6-5-7-9-21)19-24(25)27(32-36)31-28(37)22-10-12-23(13-11-22)34-16-14-33(2)15-17-34/h4-13,26,31H,1,14-20H2,2-3H3. The molecule has 2 aliphatic rings. The number of hydrogen-bond acceptors (Lipinski definition) is 8. The summed E-state index contributed by atoms with van der Waals surface area (Å²) < 4.78 is 12.6. The SMILES string of the molecule is C=CCOC(=O)n1nc([AsH]C(=O)c2ccc(N3CCN(C)CC3)cc2)c2c1CN(C(=O)C(OC)c1ccccc1)C2. The molecule has 3 aromatic rings. The summed E-state index contributed by atoms with van der Waals surface area (Å²) >= 11 is -1.43. The van der Waals surface area contributed by atoms with Gasteiger partial charge in [-0.2, -0.15) is 0 Å². The number of nitrogens with zero attached hydrogens (tertiary/aromatic N) is 5. The number of methoxy groups -OCH3 is 1. The molecule has 0 saturated carbocycles. The maximum absolute atomic E-state index is 13.5. The van der Waals surface area contributed by atoms with Crippen LogP contribution in [0.1, 0.15) is 33.3 Å². The molecule has 2 aromatic carbocycles. The van der Waals surface area contributed by atoms with Crippen LogP contribution in [0.25, 0.3) is 0 Å². The third-order valence-electron chi connectivity index (χ3n) is 7.38. The van der Waals surface area contributed by atoms with Gasteiger partial charge in [0, 0.05) is 0 Å². The molecular weight excluding hydrogens is 585 g/mol. The van der Waals surface area contributed by atoms with E-state index in [0.717, 1.165) is 43.0 Å². The average Bonchev–Trinajstić information content (AvgIpc) is 3.58. The van der Waals surface area contributed by atoms with Crippen molar-refractivity contribution < 1.29 is 23.9 Å². The first-order valence-electron chi connectivity index (χ1n) is 13.5. The number of amides is 1. The minimum absolute atomic E-state index is 0.00525. The number of likely N-dealkylation sites (N-methyl/N-ethyl adjacent to an activating group) is 1. The topological polar surface area (TPSA) is 97.2 Å². The Labute approximate surface area is 246 Å². The summed E-state index contributed by atoms with van der Waals surface area (Å²) in [4.78, 5) is 46.0. The van der Waals surface area contributed by atoms with E-state index in [1.54, 1.807) is 4.90 Å². The first-order valence-corrected chi connectivity index (χ1v) is 15.6. The number of ether oxygens (including phenoxy) is 2. The van der Waals surface area contributed by atoms with Gasteiger partial charge in [-0.1, -0.05) is 0 Å². The Morgan fingerprint density at radius 3 is 2.39 bits per heavy atom. The fourth-order valence-corrected chi connectivity index (χ4v) is 7.28. The molecule has 11 heteroatoms. The van der Waals surface area contributed by atoms with E-state index in [1.807, 2.05) is 54.6 Å². The number of rotatable bonds is 9. The van der Waals surface area contributed by atoms with E-state index in [4.69, 9.17) is 9.47 Å². The van der Waals surface area contributed by atoms with E-state index >= 15 is 0 Å². The monoisotopic (exact) mass is 619 g/mol. The van der Waals surface area contributed by atoms with Crippen LogP contribution in [0.2, 0.25) is 0 Å². The van der Waals surface area contributed by atoms with Crippen LogP contribution in [0, 0.1) is 0 Å². The van der Waals surface area contributed by atoms with E-state index in [1.165, 1.54) is 17.9 Å². The van der Waals surface area contributed by atoms with E-state index in [-0.39, 0.29) is 30.2 Å². The molecule has 1 saturated heterocycles. The molecule has 2 unspecified atom stereocenters. The molecule has 10 nitrogen and oxygen atoms in total. The number of anilines is 1. The summed E-state index contributed by atoms with van der Waals surface area (Å²) in [5.41, 5.74) is 3.76. The van der Waals surface area contributed by atoms with Gasteiger partial charge in [0.15, 0.2) is 0 Å². The second-order valence-electron chi connectivity index (χ2n) is 10.1. The Morgan fingerprint density at radius 2 is 1.73 bits per heavy atom. The second-order valence-corrected chi connectivity index (χ2v) is 12.5. The Hall–Kier alpha value is -3.72. The van der Waals surface area contributed by atoms with Crippen molar-refractivity contribution in [3.63, 3.8) is 0 Å². The summed E-state index contributed by atoms with van der Waals surface area (Å²) in [6.07, 6.45) is 0.0304. The van der Waals surface area contributed by atoms with Crippen LogP contribution >= 0.6 is 0 Å². The molecule has 1 aromatic heterocycles. The fraction of sp³-hybridized carbons (Fsp3) is 0.333. The van der Waals surface area contributed by atoms with Gasteiger partial charge >= 0.3 is 247 Å². The predicted molar refractivity (Wildman–Crippen MR) is 157 cm³/mol. The Morgan fingerprint density at radius 1 is 1.02 bits per heavy atom. The molecule has 41 heavy (non-hydrogen) atoms. The van der Waals surface area contributed by atoms with Gasteiger partial charge in [-0.3, -0.25) is 0 Å². The van der Waals surface area contributed by atoms with E-state index in [0.29, 0.717) is 15.7 Å². The number of benzene rings is 2.